The summed E-state index contributed by atoms with van der Waals surface area (Å²) in [4.78, 5) is 28.8. The zero-order valence-corrected chi connectivity index (χ0v) is 26.7. The molecule has 2 amide bonds. The molecule has 224 valence electrons. The fourth-order valence-electron chi connectivity index (χ4n) is 4.90. The van der Waals surface area contributed by atoms with Gasteiger partial charge in [0, 0.05) is 17.6 Å². The van der Waals surface area contributed by atoms with Crippen LogP contribution in [0.15, 0.2) is 71.6 Å². The smallest absolute Gasteiger partial charge is 0.264 e. The lowest BCUT2D eigenvalue weighted by Crippen LogP contribution is -2.53. The lowest BCUT2D eigenvalue weighted by Gasteiger charge is -2.33. The van der Waals surface area contributed by atoms with E-state index < -0.39 is 28.5 Å². The monoisotopic (exact) mass is 669 g/mol. The van der Waals surface area contributed by atoms with Crippen LogP contribution in [0.1, 0.15) is 44.6 Å². The Labute approximate surface area is 266 Å². The lowest BCUT2D eigenvalue weighted by molar-refractivity contribution is -0.139. The first-order chi connectivity index (χ1) is 20.0. The van der Waals surface area contributed by atoms with Crippen LogP contribution in [0.3, 0.4) is 0 Å². The molecular formula is C30H31Cl4N3O4S. The molecule has 0 aromatic heterocycles. The van der Waals surface area contributed by atoms with Gasteiger partial charge < -0.3 is 10.2 Å². The predicted molar refractivity (Wildman–Crippen MR) is 169 cm³/mol. The number of benzene rings is 3. The van der Waals surface area contributed by atoms with Crippen molar-refractivity contribution in [2.24, 2.45) is 0 Å². The number of rotatable bonds is 10. The molecule has 1 aliphatic rings. The highest BCUT2D eigenvalue weighted by Crippen LogP contribution is 2.33. The van der Waals surface area contributed by atoms with Crippen LogP contribution in [0.25, 0.3) is 0 Å². The van der Waals surface area contributed by atoms with E-state index in [0.717, 1.165) is 36.4 Å². The molecule has 7 nitrogen and oxygen atoms in total. The summed E-state index contributed by atoms with van der Waals surface area (Å²) in [6, 6.07) is 16.1. The second-order valence-electron chi connectivity index (χ2n) is 10.2. The number of sulfonamides is 1. The summed E-state index contributed by atoms with van der Waals surface area (Å²) in [5.74, 6) is -0.948. The van der Waals surface area contributed by atoms with Crippen LogP contribution in [0.2, 0.25) is 20.1 Å². The van der Waals surface area contributed by atoms with Crippen LogP contribution in [-0.4, -0.2) is 43.8 Å². The van der Waals surface area contributed by atoms with Crippen LogP contribution in [-0.2, 0) is 26.2 Å². The number of hydrogen-bond donors (Lipinski definition) is 1. The molecule has 42 heavy (non-hydrogen) atoms. The van der Waals surface area contributed by atoms with Gasteiger partial charge in [0.25, 0.3) is 10.0 Å². The number of carbonyl (C=O) groups is 2. The first kappa shape index (κ1) is 32.4. The molecular weight excluding hydrogens is 640 g/mol. The molecule has 12 heteroatoms. The van der Waals surface area contributed by atoms with Crippen LogP contribution < -0.4 is 9.62 Å². The van der Waals surface area contributed by atoms with E-state index in [-0.39, 0.29) is 39.1 Å². The fourth-order valence-corrected chi connectivity index (χ4v) is 7.10. The van der Waals surface area contributed by atoms with E-state index in [9.17, 15) is 18.0 Å². The summed E-state index contributed by atoms with van der Waals surface area (Å²) < 4.78 is 28.7. The Morgan fingerprint density at radius 3 is 2.21 bits per heavy atom. The molecule has 1 N–H and O–H groups in total. The van der Waals surface area contributed by atoms with Gasteiger partial charge in [-0.3, -0.25) is 13.9 Å². The van der Waals surface area contributed by atoms with Crippen molar-refractivity contribution in [3.63, 3.8) is 0 Å². The molecule has 3 aromatic rings. The van der Waals surface area contributed by atoms with Crippen molar-refractivity contribution >= 4 is 73.9 Å². The van der Waals surface area contributed by atoms with E-state index >= 15 is 0 Å². The molecule has 0 saturated heterocycles. The minimum absolute atomic E-state index is 0.0164. The highest BCUT2D eigenvalue weighted by atomic mass is 35.5. The zero-order valence-electron chi connectivity index (χ0n) is 22.9. The lowest BCUT2D eigenvalue weighted by atomic mass is 9.95. The van der Waals surface area contributed by atoms with E-state index in [0.29, 0.717) is 15.6 Å². The molecule has 1 unspecified atom stereocenters. The number of nitrogens with one attached hydrogen (secondary N) is 1. The van der Waals surface area contributed by atoms with Gasteiger partial charge in [0.1, 0.15) is 12.6 Å². The van der Waals surface area contributed by atoms with E-state index in [1.807, 2.05) is 0 Å². The Kier molecular flexibility index (Phi) is 11.1. The average molecular weight is 671 g/mol. The van der Waals surface area contributed by atoms with Crippen molar-refractivity contribution in [3.8, 4) is 0 Å². The maximum atomic E-state index is 14.1. The molecule has 0 heterocycles. The Bertz CT molecular complexity index is 1530. The van der Waals surface area contributed by atoms with E-state index in [4.69, 9.17) is 46.4 Å². The minimum Gasteiger partial charge on any atom is -0.352 e. The van der Waals surface area contributed by atoms with E-state index in [1.165, 1.54) is 35.2 Å². The highest BCUT2D eigenvalue weighted by molar-refractivity contribution is 7.92. The molecule has 4 rings (SSSR count). The molecule has 3 aromatic carbocycles. The molecule has 0 bridgehead atoms. The van der Waals surface area contributed by atoms with Crippen molar-refractivity contribution in [3.05, 3.63) is 92.4 Å². The average Bonchev–Trinajstić information content (AvgIpc) is 2.98. The van der Waals surface area contributed by atoms with Gasteiger partial charge in [-0.1, -0.05) is 89.9 Å². The van der Waals surface area contributed by atoms with E-state index in [2.05, 4.69) is 5.32 Å². The first-order valence-corrected chi connectivity index (χ1v) is 16.5. The number of halogens is 4. The van der Waals surface area contributed by atoms with Gasteiger partial charge >= 0.3 is 0 Å². The molecule has 1 saturated carbocycles. The van der Waals surface area contributed by atoms with Crippen LogP contribution in [0.5, 0.6) is 0 Å². The Balaban J connectivity index is 1.71. The van der Waals surface area contributed by atoms with Crippen molar-refractivity contribution < 1.29 is 18.0 Å². The van der Waals surface area contributed by atoms with E-state index in [1.54, 1.807) is 43.3 Å². The third-order valence-electron chi connectivity index (χ3n) is 7.24. The Hall–Kier alpha value is -2.49. The second kappa shape index (κ2) is 14.3. The van der Waals surface area contributed by atoms with Gasteiger partial charge in [-0.2, -0.15) is 0 Å². The number of hydrogen-bond acceptors (Lipinski definition) is 4. The van der Waals surface area contributed by atoms with Crippen molar-refractivity contribution in [1.29, 1.82) is 0 Å². The summed E-state index contributed by atoms with van der Waals surface area (Å²) in [5, 5.41) is 4.03. The standard InChI is InChI=1S/C30H31Cl4N3O4S/c1-20(30(39)35-23-8-4-2-5-9-23)36(18-21-12-14-25(32)27(34)16-21)29(38)19-37(28-17-22(31)13-15-26(28)33)42(40,41)24-10-6-3-7-11-24/h3,6-7,10-17,20,23H,2,4-5,8-9,18-19H2,1H3,(H,35,39). The van der Waals surface area contributed by atoms with Crippen LogP contribution in [0.4, 0.5) is 5.69 Å². The number of anilines is 1. The SMILES string of the molecule is CC(C(=O)NC1CCCCC1)N(Cc1ccc(Cl)c(Cl)c1)C(=O)CN(c1cc(Cl)ccc1Cl)S(=O)(=O)c1ccccc1. The van der Waals surface area contributed by atoms with Crippen molar-refractivity contribution in [2.75, 3.05) is 10.8 Å². The predicted octanol–water partition coefficient (Wildman–Crippen LogP) is 7.36. The molecule has 0 radical (unpaired) electrons. The topological polar surface area (TPSA) is 86.8 Å². The first-order valence-electron chi connectivity index (χ1n) is 13.5. The minimum atomic E-state index is -4.27. The normalized spacial score (nSPS) is 14.7. The second-order valence-corrected chi connectivity index (χ2v) is 13.7. The largest absolute Gasteiger partial charge is 0.352 e. The molecule has 1 aliphatic carbocycles. The van der Waals surface area contributed by atoms with Crippen LogP contribution in [0, 0.1) is 0 Å². The van der Waals surface area contributed by atoms with Crippen molar-refractivity contribution in [2.45, 2.75) is 62.6 Å². The maximum absolute atomic E-state index is 14.1. The van der Waals surface area contributed by atoms with Gasteiger partial charge in [0.05, 0.1) is 25.7 Å². The van der Waals surface area contributed by atoms with Gasteiger partial charge in [-0.05, 0) is 67.8 Å². The summed E-state index contributed by atoms with van der Waals surface area (Å²) in [6.45, 7) is 0.965. The van der Waals surface area contributed by atoms with Gasteiger partial charge in [-0.25, -0.2) is 8.42 Å². The summed E-state index contributed by atoms with van der Waals surface area (Å²) in [5.41, 5.74) is 0.656. The molecule has 1 atom stereocenters. The molecule has 0 aliphatic heterocycles. The number of amides is 2. The van der Waals surface area contributed by atoms with Gasteiger partial charge in [-0.15, -0.1) is 0 Å². The summed E-state index contributed by atoms with van der Waals surface area (Å²) in [7, 11) is -4.27. The zero-order chi connectivity index (χ0) is 30.4. The highest BCUT2D eigenvalue weighted by Gasteiger charge is 2.34. The Morgan fingerprint density at radius 2 is 1.55 bits per heavy atom. The fraction of sp³-hybridized carbons (Fsp3) is 0.333. The summed E-state index contributed by atoms with van der Waals surface area (Å²) in [6.07, 6.45) is 4.92. The molecule has 0 spiro atoms. The van der Waals surface area contributed by atoms with Crippen LogP contribution >= 0.6 is 46.4 Å². The van der Waals surface area contributed by atoms with Gasteiger partial charge in [0.15, 0.2) is 0 Å². The van der Waals surface area contributed by atoms with Gasteiger partial charge in [0.2, 0.25) is 11.8 Å². The maximum Gasteiger partial charge on any atom is 0.264 e. The quantitative estimate of drug-likeness (QED) is 0.244. The number of nitrogens with zero attached hydrogens (tertiary/aromatic N) is 2. The summed E-state index contributed by atoms with van der Waals surface area (Å²) >= 11 is 25.0. The third-order valence-corrected chi connectivity index (χ3v) is 10.3. The number of carbonyl (C=O) groups excluding carboxylic acids is 2. The van der Waals surface area contributed by atoms with Crippen molar-refractivity contribution in [1.82, 2.24) is 10.2 Å². The molecule has 1 fully saturated rings. The Morgan fingerprint density at radius 1 is 0.881 bits per heavy atom. The third kappa shape index (κ3) is 7.91.